The molecule has 0 bridgehead atoms. The van der Waals surface area contributed by atoms with Crippen LogP contribution in [-0.4, -0.2) is 35.8 Å². The summed E-state index contributed by atoms with van der Waals surface area (Å²) in [4.78, 5) is 10.4. The van der Waals surface area contributed by atoms with E-state index in [9.17, 15) is 15.2 Å². The maximum Gasteiger partial charge on any atom is 0.269 e. The van der Waals surface area contributed by atoms with Crippen LogP contribution in [0.3, 0.4) is 0 Å². The fourth-order valence-electron chi connectivity index (χ4n) is 4.19. The highest BCUT2D eigenvalue weighted by atomic mass is 16.6. The Morgan fingerprint density at radius 2 is 1.88 bits per heavy atom. The minimum absolute atomic E-state index is 0.0328. The molecule has 7 heteroatoms. The van der Waals surface area contributed by atoms with Gasteiger partial charge in [-0.3, -0.25) is 10.1 Å². The highest BCUT2D eigenvalue weighted by Crippen LogP contribution is 2.38. The standard InChI is InChI=1S/C26H28N2O5/c29-22(18-32-16-19-6-5-8-21(14-19)28(30)31)15-27-13-12-24-23-9-2-1-7-20(23)17-33-26-11-4-3-10-25(24)26/h1-11,14,22,24,27,29H,12-13,15-18H2. The zero-order valence-corrected chi connectivity index (χ0v) is 18.4. The summed E-state index contributed by atoms with van der Waals surface area (Å²) in [7, 11) is 0. The number of hydrogen-bond donors (Lipinski definition) is 2. The predicted molar refractivity (Wildman–Crippen MR) is 125 cm³/mol. The predicted octanol–water partition coefficient (Wildman–Crippen LogP) is 4.18. The molecule has 4 rings (SSSR count). The van der Waals surface area contributed by atoms with E-state index in [2.05, 4.69) is 29.6 Å². The molecule has 33 heavy (non-hydrogen) atoms. The van der Waals surface area contributed by atoms with Gasteiger partial charge in [0, 0.05) is 30.2 Å². The van der Waals surface area contributed by atoms with Gasteiger partial charge in [-0.25, -0.2) is 0 Å². The first-order valence-corrected chi connectivity index (χ1v) is 11.1. The molecule has 0 aromatic heterocycles. The lowest BCUT2D eigenvalue weighted by atomic mass is 9.86. The van der Waals surface area contributed by atoms with E-state index in [0.717, 1.165) is 18.7 Å². The number of nitro groups is 1. The van der Waals surface area contributed by atoms with E-state index in [1.807, 2.05) is 24.3 Å². The van der Waals surface area contributed by atoms with Crippen molar-refractivity contribution in [3.8, 4) is 5.75 Å². The molecule has 1 aliphatic heterocycles. The van der Waals surface area contributed by atoms with Crippen molar-refractivity contribution in [3.05, 3.63) is 105 Å². The third kappa shape index (κ3) is 5.96. The minimum Gasteiger partial charge on any atom is -0.489 e. The fraction of sp³-hybridized carbons (Fsp3) is 0.308. The van der Waals surface area contributed by atoms with Crippen molar-refractivity contribution in [2.75, 3.05) is 19.7 Å². The molecule has 2 N–H and O–H groups in total. The molecule has 3 aromatic rings. The van der Waals surface area contributed by atoms with Crippen LogP contribution in [0.4, 0.5) is 5.69 Å². The molecule has 2 unspecified atom stereocenters. The number of nitro benzene ring substituents is 1. The Labute approximate surface area is 193 Å². The van der Waals surface area contributed by atoms with Gasteiger partial charge in [-0.05, 0) is 35.7 Å². The van der Waals surface area contributed by atoms with E-state index < -0.39 is 11.0 Å². The third-order valence-corrected chi connectivity index (χ3v) is 5.80. The van der Waals surface area contributed by atoms with E-state index in [1.54, 1.807) is 12.1 Å². The third-order valence-electron chi connectivity index (χ3n) is 5.80. The Balaban J connectivity index is 1.26. The van der Waals surface area contributed by atoms with Crippen LogP contribution in [0.25, 0.3) is 0 Å². The molecule has 7 nitrogen and oxygen atoms in total. The molecule has 172 valence electrons. The molecule has 1 heterocycles. The van der Waals surface area contributed by atoms with Gasteiger partial charge in [-0.2, -0.15) is 0 Å². The Hall–Kier alpha value is -3.26. The number of nitrogens with one attached hydrogen (secondary N) is 1. The monoisotopic (exact) mass is 448 g/mol. The van der Waals surface area contributed by atoms with Gasteiger partial charge in [0.2, 0.25) is 0 Å². The topological polar surface area (TPSA) is 93.9 Å². The van der Waals surface area contributed by atoms with Gasteiger partial charge in [-0.15, -0.1) is 0 Å². The molecule has 0 amide bonds. The zero-order chi connectivity index (χ0) is 23.0. The summed E-state index contributed by atoms with van der Waals surface area (Å²) in [6.45, 7) is 2.07. The molecular formula is C26H28N2O5. The number of rotatable bonds is 10. The van der Waals surface area contributed by atoms with Gasteiger partial charge in [0.15, 0.2) is 0 Å². The molecule has 1 aliphatic rings. The van der Waals surface area contributed by atoms with Crippen LogP contribution in [0.5, 0.6) is 5.75 Å². The van der Waals surface area contributed by atoms with Gasteiger partial charge in [0.05, 0.1) is 24.2 Å². The summed E-state index contributed by atoms with van der Waals surface area (Å²) in [5.41, 5.74) is 4.41. The van der Waals surface area contributed by atoms with Crippen LogP contribution in [-0.2, 0) is 18.0 Å². The number of benzene rings is 3. The summed E-state index contributed by atoms with van der Waals surface area (Å²) < 4.78 is 11.6. The van der Waals surface area contributed by atoms with Crippen LogP contribution in [0.1, 0.15) is 34.6 Å². The number of aliphatic hydroxyl groups excluding tert-OH is 1. The largest absolute Gasteiger partial charge is 0.489 e. The first kappa shape index (κ1) is 22.9. The number of hydrogen-bond acceptors (Lipinski definition) is 6. The maximum atomic E-state index is 10.9. The van der Waals surface area contributed by atoms with E-state index in [-0.39, 0.29) is 24.8 Å². The Bertz CT molecular complexity index is 1040. The quantitative estimate of drug-likeness (QED) is 0.275. The van der Waals surface area contributed by atoms with Crippen LogP contribution in [0, 0.1) is 10.1 Å². The van der Waals surface area contributed by atoms with Gasteiger partial charge < -0.3 is 19.9 Å². The first-order valence-electron chi connectivity index (χ1n) is 11.1. The summed E-state index contributed by atoms with van der Waals surface area (Å²) in [5, 5.41) is 24.4. The van der Waals surface area contributed by atoms with Crippen molar-refractivity contribution in [1.29, 1.82) is 0 Å². The van der Waals surface area contributed by atoms with Gasteiger partial charge in [0.1, 0.15) is 12.4 Å². The smallest absolute Gasteiger partial charge is 0.269 e. The second kappa shape index (κ2) is 11.0. The van der Waals surface area contributed by atoms with E-state index in [0.29, 0.717) is 18.7 Å². The van der Waals surface area contributed by atoms with Gasteiger partial charge >= 0.3 is 0 Å². The van der Waals surface area contributed by atoms with Gasteiger partial charge in [0.25, 0.3) is 5.69 Å². The van der Waals surface area contributed by atoms with Crippen molar-refractivity contribution < 1.29 is 19.5 Å². The van der Waals surface area contributed by atoms with E-state index in [4.69, 9.17) is 9.47 Å². The lowest BCUT2D eigenvalue weighted by Crippen LogP contribution is -2.31. The second-order valence-electron chi connectivity index (χ2n) is 8.17. The molecule has 2 atom stereocenters. The summed E-state index contributed by atoms with van der Waals surface area (Å²) >= 11 is 0. The number of nitrogens with zero attached hydrogens (tertiary/aromatic N) is 1. The fourth-order valence-corrected chi connectivity index (χ4v) is 4.19. The number of para-hydroxylation sites is 1. The first-order chi connectivity index (χ1) is 16.1. The lowest BCUT2D eigenvalue weighted by Gasteiger charge is -2.20. The Morgan fingerprint density at radius 1 is 1.09 bits per heavy atom. The number of fused-ring (bicyclic) bond motifs is 2. The molecule has 0 saturated carbocycles. The highest BCUT2D eigenvalue weighted by molar-refractivity contribution is 5.46. The number of ether oxygens (including phenoxy) is 2. The molecule has 0 radical (unpaired) electrons. The minimum atomic E-state index is -0.666. The van der Waals surface area contributed by atoms with Crippen molar-refractivity contribution >= 4 is 5.69 Å². The van der Waals surface area contributed by atoms with Crippen molar-refractivity contribution in [1.82, 2.24) is 5.32 Å². The van der Waals surface area contributed by atoms with Crippen LogP contribution in [0.15, 0.2) is 72.8 Å². The average molecular weight is 449 g/mol. The maximum absolute atomic E-state index is 10.9. The van der Waals surface area contributed by atoms with E-state index >= 15 is 0 Å². The number of aliphatic hydroxyl groups is 1. The van der Waals surface area contributed by atoms with E-state index in [1.165, 1.54) is 28.8 Å². The molecule has 0 aliphatic carbocycles. The SMILES string of the molecule is O=[N+]([O-])c1cccc(COCC(O)CNCCC2c3ccccc3COc3ccccc32)c1. The normalized spacial score (nSPS) is 15.6. The Kier molecular flexibility index (Phi) is 7.67. The lowest BCUT2D eigenvalue weighted by molar-refractivity contribution is -0.384. The van der Waals surface area contributed by atoms with Gasteiger partial charge in [-0.1, -0.05) is 54.6 Å². The molecule has 3 aromatic carbocycles. The molecule has 0 spiro atoms. The second-order valence-corrected chi connectivity index (χ2v) is 8.17. The highest BCUT2D eigenvalue weighted by Gasteiger charge is 2.23. The molecule has 0 fully saturated rings. The van der Waals surface area contributed by atoms with Crippen LogP contribution in [0.2, 0.25) is 0 Å². The van der Waals surface area contributed by atoms with Crippen LogP contribution < -0.4 is 10.1 Å². The number of non-ortho nitro benzene ring substituents is 1. The summed E-state index contributed by atoms with van der Waals surface area (Å²) in [6, 6.07) is 22.9. The summed E-state index contributed by atoms with van der Waals surface area (Å²) in [5.74, 6) is 1.14. The van der Waals surface area contributed by atoms with Crippen molar-refractivity contribution in [2.24, 2.45) is 0 Å². The summed E-state index contributed by atoms with van der Waals surface area (Å²) in [6.07, 6.45) is 0.208. The van der Waals surface area contributed by atoms with Crippen molar-refractivity contribution in [3.63, 3.8) is 0 Å². The zero-order valence-electron chi connectivity index (χ0n) is 18.4. The Morgan fingerprint density at radius 3 is 2.73 bits per heavy atom. The van der Waals surface area contributed by atoms with Crippen molar-refractivity contribution in [2.45, 2.75) is 31.7 Å². The molecular weight excluding hydrogens is 420 g/mol. The van der Waals surface area contributed by atoms with Crippen LogP contribution >= 0.6 is 0 Å². The molecule has 0 saturated heterocycles. The average Bonchev–Trinajstić information content (AvgIpc) is 2.99.